The van der Waals surface area contributed by atoms with E-state index in [2.05, 4.69) is 59.6 Å². The van der Waals surface area contributed by atoms with E-state index >= 15 is 0 Å². The summed E-state index contributed by atoms with van der Waals surface area (Å²) in [5, 5.41) is 21.0. The summed E-state index contributed by atoms with van der Waals surface area (Å²) in [4.78, 5) is 8.63. The summed E-state index contributed by atoms with van der Waals surface area (Å²) < 4.78 is 5.59. The zero-order chi connectivity index (χ0) is 25.9. The second-order valence-corrected chi connectivity index (χ2v) is 9.57. The Kier molecular flexibility index (Phi) is 7.62. The third-order valence-corrected chi connectivity index (χ3v) is 6.43. The van der Waals surface area contributed by atoms with Gasteiger partial charge in [-0.15, -0.1) is 16.8 Å². The highest BCUT2D eigenvalue weighted by molar-refractivity contribution is 6.32. The predicted molar refractivity (Wildman–Crippen MR) is 143 cm³/mol. The van der Waals surface area contributed by atoms with Gasteiger partial charge in [0.25, 0.3) is 0 Å². The van der Waals surface area contributed by atoms with Gasteiger partial charge >= 0.3 is 0 Å². The van der Waals surface area contributed by atoms with Crippen LogP contribution < -0.4 is 10.2 Å². The molecule has 184 valence electrons. The number of hydroxylamine groups is 1. The van der Waals surface area contributed by atoms with Crippen LogP contribution in [0, 0.1) is 11.3 Å². The SMILES string of the molecule is CN(O)Nc1ncc2cc(-c3ccc(C(C)(C)c4cc(Cl)c(OCCCl)c(C#N)c4)cc3)ccc2n1. The quantitative estimate of drug-likeness (QED) is 0.204. The second-order valence-electron chi connectivity index (χ2n) is 8.79. The molecule has 4 aromatic rings. The molecule has 0 aliphatic heterocycles. The van der Waals surface area contributed by atoms with Crippen LogP contribution in [-0.2, 0) is 5.41 Å². The van der Waals surface area contributed by atoms with Gasteiger partial charge in [0, 0.05) is 24.0 Å². The molecule has 0 aliphatic rings. The fourth-order valence-electron chi connectivity index (χ4n) is 3.98. The highest BCUT2D eigenvalue weighted by Crippen LogP contribution is 2.39. The number of benzene rings is 3. The maximum Gasteiger partial charge on any atom is 0.239 e. The van der Waals surface area contributed by atoms with Crippen molar-refractivity contribution in [1.82, 2.24) is 15.1 Å². The van der Waals surface area contributed by atoms with Crippen LogP contribution in [0.1, 0.15) is 30.5 Å². The van der Waals surface area contributed by atoms with Crippen molar-refractivity contribution in [3.05, 3.63) is 82.5 Å². The predicted octanol–water partition coefficient (Wildman–Crippen LogP) is 6.41. The molecule has 0 atom stereocenters. The number of alkyl halides is 1. The second kappa shape index (κ2) is 10.7. The molecule has 4 rings (SSSR count). The monoisotopic (exact) mass is 521 g/mol. The first kappa shape index (κ1) is 25.7. The molecule has 0 fully saturated rings. The van der Waals surface area contributed by atoms with Crippen LogP contribution in [0.3, 0.4) is 0 Å². The lowest BCUT2D eigenvalue weighted by Crippen LogP contribution is -2.21. The Morgan fingerprint density at radius 2 is 1.81 bits per heavy atom. The summed E-state index contributed by atoms with van der Waals surface area (Å²) in [7, 11) is 1.45. The standard InChI is InChI=1S/C27H25Cl2N5O2/c1-27(2,22-13-19(15-30)25(23(29)14-22)36-11-10-28)21-7-4-17(5-8-21)18-6-9-24-20(12-18)16-31-26(32-24)33-34(3)35/h4-9,12-14,16,35H,10-11H2,1-3H3,(H,31,32,33). The number of halogens is 2. The zero-order valence-electron chi connectivity index (χ0n) is 20.1. The van der Waals surface area contributed by atoms with Crippen molar-refractivity contribution >= 4 is 40.1 Å². The first-order valence-electron chi connectivity index (χ1n) is 11.2. The highest BCUT2D eigenvalue weighted by Gasteiger charge is 2.26. The lowest BCUT2D eigenvalue weighted by Gasteiger charge is -2.27. The van der Waals surface area contributed by atoms with Gasteiger partial charge in [0.05, 0.1) is 22.0 Å². The van der Waals surface area contributed by atoms with Gasteiger partial charge < -0.3 is 4.74 Å². The van der Waals surface area contributed by atoms with Crippen molar-refractivity contribution in [2.45, 2.75) is 19.3 Å². The number of nitrogens with one attached hydrogen (secondary N) is 1. The van der Waals surface area contributed by atoms with Crippen LogP contribution in [0.15, 0.2) is 60.8 Å². The summed E-state index contributed by atoms with van der Waals surface area (Å²) >= 11 is 12.2. The molecule has 2 N–H and O–H groups in total. The largest absolute Gasteiger partial charge is 0.489 e. The van der Waals surface area contributed by atoms with Gasteiger partial charge in [-0.05, 0) is 46.5 Å². The molecule has 9 heteroatoms. The van der Waals surface area contributed by atoms with E-state index in [4.69, 9.17) is 27.9 Å². The Labute approximate surface area is 219 Å². The lowest BCUT2D eigenvalue weighted by molar-refractivity contribution is -0.0394. The van der Waals surface area contributed by atoms with Crippen LogP contribution in [0.2, 0.25) is 5.02 Å². The van der Waals surface area contributed by atoms with E-state index in [0.29, 0.717) is 28.2 Å². The van der Waals surface area contributed by atoms with E-state index in [1.165, 1.54) is 7.05 Å². The molecular weight excluding hydrogens is 497 g/mol. The van der Waals surface area contributed by atoms with E-state index in [1.54, 1.807) is 6.20 Å². The van der Waals surface area contributed by atoms with Crippen molar-refractivity contribution in [3.63, 3.8) is 0 Å². The number of nitriles is 1. The molecule has 7 nitrogen and oxygen atoms in total. The van der Waals surface area contributed by atoms with E-state index < -0.39 is 5.41 Å². The van der Waals surface area contributed by atoms with Crippen molar-refractivity contribution in [2.24, 2.45) is 0 Å². The first-order chi connectivity index (χ1) is 17.2. The number of hydrazine groups is 1. The van der Waals surface area contributed by atoms with Crippen molar-refractivity contribution in [2.75, 3.05) is 25.0 Å². The summed E-state index contributed by atoms with van der Waals surface area (Å²) in [5.74, 6) is 0.983. The number of ether oxygens (including phenoxy) is 1. The molecule has 0 aliphatic carbocycles. The van der Waals surface area contributed by atoms with E-state index in [-0.39, 0.29) is 6.61 Å². The fourth-order valence-corrected chi connectivity index (χ4v) is 4.33. The number of rotatable bonds is 8. The van der Waals surface area contributed by atoms with Crippen LogP contribution in [-0.4, -0.2) is 39.9 Å². The van der Waals surface area contributed by atoms with E-state index in [9.17, 15) is 10.5 Å². The minimum Gasteiger partial charge on any atom is -0.489 e. The topological polar surface area (TPSA) is 94.3 Å². The normalized spacial score (nSPS) is 11.5. The summed E-state index contributed by atoms with van der Waals surface area (Å²) in [6.07, 6.45) is 1.71. The number of hydrogen-bond acceptors (Lipinski definition) is 7. The van der Waals surface area contributed by atoms with Crippen molar-refractivity contribution in [3.8, 4) is 22.9 Å². The van der Waals surface area contributed by atoms with Crippen LogP contribution >= 0.6 is 23.2 Å². The maximum absolute atomic E-state index is 9.65. The van der Waals surface area contributed by atoms with Gasteiger partial charge in [-0.1, -0.05) is 55.8 Å². The average Bonchev–Trinajstić information content (AvgIpc) is 2.87. The Morgan fingerprint density at radius 1 is 1.08 bits per heavy atom. The van der Waals surface area contributed by atoms with Gasteiger partial charge in [0.2, 0.25) is 5.95 Å². The van der Waals surface area contributed by atoms with Crippen LogP contribution in [0.25, 0.3) is 22.0 Å². The molecule has 1 aromatic heterocycles. The van der Waals surface area contributed by atoms with E-state index in [0.717, 1.165) is 38.3 Å². The van der Waals surface area contributed by atoms with E-state index in [1.807, 2.05) is 30.3 Å². The molecule has 36 heavy (non-hydrogen) atoms. The maximum atomic E-state index is 9.65. The molecule has 0 amide bonds. The van der Waals surface area contributed by atoms with Crippen molar-refractivity contribution in [1.29, 1.82) is 5.26 Å². The van der Waals surface area contributed by atoms with Gasteiger partial charge in [-0.3, -0.25) is 10.6 Å². The Morgan fingerprint density at radius 3 is 2.47 bits per heavy atom. The molecule has 0 bridgehead atoms. The number of aromatic nitrogens is 2. The minimum atomic E-state index is -0.403. The highest BCUT2D eigenvalue weighted by atomic mass is 35.5. The molecule has 0 spiro atoms. The Balaban J connectivity index is 1.62. The number of hydrogen-bond donors (Lipinski definition) is 2. The smallest absolute Gasteiger partial charge is 0.239 e. The summed E-state index contributed by atoms with van der Waals surface area (Å²) in [6.45, 7) is 4.47. The van der Waals surface area contributed by atoms with Crippen LogP contribution in [0.5, 0.6) is 5.75 Å². The first-order valence-corrected chi connectivity index (χ1v) is 12.1. The lowest BCUT2D eigenvalue weighted by atomic mass is 9.77. The van der Waals surface area contributed by atoms with Gasteiger partial charge in [0.15, 0.2) is 5.75 Å². The third kappa shape index (κ3) is 5.38. The minimum absolute atomic E-state index is 0.277. The van der Waals surface area contributed by atoms with Crippen LogP contribution in [0.4, 0.5) is 5.95 Å². The fraction of sp³-hybridized carbons (Fsp3) is 0.222. The van der Waals surface area contributed by atoms with Gasteiger partial charge in [0.1, 0.15) is 12.7 Å². The molecule has 3 aromatic carbocycles. The third-order valence-electron chi connectivity index (χ3n) is 5.99. The Bertz CT molecular complexity index is 1430. The summed E-state index contributed by atoms with van der Waals surface area (Å²) in [6, 6.07) is 20.1. The number of fused-ring (bicyclic) bond motifs is 1. The molecule has 0 saturated heterocycles. The average molecular weight is 522 g/mol. The molecule has 0 saturated carbocycles. The van der Waals surface area contributed by atoms with Gasteiger partial charge in [-0.2, -0.15) is 5.26 Å². The number of nitrogens with zero attached hydrogens (tertiary/aromatic N) is 4. The summed E-state index contributed by atoms with van der Waals surface area (Å²) in [5.41, 5.74) is 7.45. The van der Waals surface area contributed by atoms with Crippen molar-refractivity contribution < 1.29 is 9.94 Å². The number of anilines is 1. The zero-order valence-corrected chi connectivity index (χ0v) is 21.6. The van der Waals surface area contributed by atoms with Gasteiger partial charge in [-0.25, -0.2) is 9.97 Å². The molecule has 1 heterocycles. The molecule has 0 unspecified atom stereocenters. The molecular formula is C27H25Cl2N5O2. The molecule has 0 radical (unpaired) electrons. The Hall–Kier alpha value is -3.41.